The molecule has 0 unspecified atom stereocenters. The van der Waals surface area contributed by atoms with Crippen LogP contribution in [0.15, 0.2) is 35.3 Å². The van der Waals surface area contributed by atoms with Crippen molar-refractivity contribution in [1.29, 1.82) is 5.26 Å². The van der Waals surface area contributed by atoms with Crippen molar-refractivity contribution in [2.45, 2.75) is 13.3 Å². The molecule has 0 aliphatic heterocycles. The van der Waals surface area contributed by atoms with Crippen LogP contribution in [-0.4, -0.2) is 31.8 Å². The first-order chi connectivity index (χ1) is 15.4. The van der Waals surface area contributed by atoms with E-state index >= 15 is 0 Å². The second kappa shape index (κ2) is 8.56. The number of nitrogens with one attached hydrogen (secondary N) is 3. The molecule has 0 aliphatic rings. The lowest BCUT2D eigenvalue weighted by atomic mass is 10.2. The third kappa shape index (κ3) is 3.81. The number of para-hydroxylation sites is 1. The first-order valence-corrected chi connectivity index (χ1v) is 10.0. The van der Waals surface area contributed by atoms with Gasteiger partial charge in [-0.1, -0.05) is 24.6 Å². The molecule has 0 spiro atoms. The van der Waals surface area contributed by atoms with E-state index in [1.54, 1.807) is 31.3 Å². The fourth-order valence-corrected chi connectivity index (χ4v) is 3.55. The number of hydrogen-bond acceptors (Lipinski definition) is 8. The van der Waals surface area contributed by atoms with Gasteiger partial charge in [0, 0.05) is 13.1 Å². The molecule has 4 aromatic rings. The third-order valence-electron chi connectivity index (χ3n) is 4.80. The van der Waals surface area contributed by atoms with E-state index in [0.29, 0.717) is 56.9 Å². The molecule has 32 heavy (non-hydrogen) atoms. The molecule has 3 aromatic heterocycles. The number of methoxy groups -OCH3 is 1. The summed E-state index contributed by atoms with van der Waals surface area (Å²) >= 11 is 6.24. The Kier molecular flexibility index (Phi) is 5.66. The molecule has 1 aromatic carbocycles. The minimum absolute atomic E-state index is 0.244. The molecule has 0 bridgehead atoms. The van der Waals surface area contributed by atoms with Crippen LogP contribution in [0, 0.1) is 11.3 Å². The molecule has 0 radical (unpaired) electrons. The van der Waals surface area contributed by atoms with Crippen molar-refractivity contribution in [3.05, 3.63) is 57.2 Å². The number of nitrogens with zero attached hydrogens (tertiary/aromatic N) is 5. The van der Waals surface area contributed by atoms with Crippen LogP contribution in [0.3, 0.4) is 0 Å². The number of aromatic nitrogens is 5. The highest BCUT2D eigenvalue weighted by Gasteiger charge is 2.16. The minimum atomic E-state index is -0.249. The van der Waals surface area contributed by atoms with E-state index in [-0.39, 0.29) is 11.3 Å². The van der Waals surface area contributed by atoms with Gasteiger partial charge in [-0.15, -0.1) is 0 Å². The summed E-state index contributed by atoms with van der Waals surface area (Å²) in [6.45, 7) is 1.90. The number of fused-ring (bicyclic) bond motifs is 1. The Balaban J connectivity index is 1.81. The number of benzene rings is 1. The van der Waals surface area contributed by atoms with Crippen molar-refractivity contribution in [1.82, 2.24) is 24.7 Å². The maximum atomic E-state index is 12.7. The zero-order valence-corrected chi connectivity index (χ0v) is 18.3. The van der Waals surface area contributed by atoms with Crippen molar-refractivity contribution in [3.63, 3.8) is 0 Å². The van der Waals surface area contributed by atoms with Crippen LogP contribution >= 0.6 is 11.6 Å². The van der Waals surface area contributed by atoms with Crippen LogP contribution in [0.1, 0.15) is 18.3 Å². The van der Waals surface area contributed by atoms with Gasteiger partial charge < -0.3 is 15.4 Å². The summed E-state index contributed by atoms with van der Waals surface area (Å²) in [5.74, 6) is 1.20. The summed E-state index contributed by atoms with van der Waals surface area (Å²) in [5.41, 5.74) is 2.04. The molecule has 0 saturated carbocycles. The van der Waals surface area contributed by atoms with Crippen molar-refractivity contribution in [2.75, 3.05) is 17.7 Å². The maximum Gasteiger partial charge on any atom is 0.277 e. The largest absolute Gasteiger partial charge is 0.493 e. The summed E-state index contributed by atoms with van der Waals surface area (Å²) in [7, 11) is 3.12. The molecule has 4 rings (SSSR count). The second-order valence-electron chi connectivity index (χ2n) is 6.84. The van der Waals surface area contributed by atoms with E-state index in [1.807, 2.05) is 6.92 Å². The van der Waals surface area contributed by atoms with Crippen molar-refractivity contribution >= 4 is 45.6 Å². The zero-order valence-electron chi connectivity index (χ0n) is 17.5. The van der Waals surface area contributed by atoms with Gasteiger partial charge in [-0.05, 0) is 18.6 Å². The molecule has 0 fully saturated rings. The fourth-order valence-electron chi connectivity index (χ4n) is 3.30. The number of hydrogen-bond donors (Lipinski definition) is 3. The van der Waals surface area contributed by atoms with Gasteiger partial charge in [-0.25, -0.2) is 9.97 Å². The number of ether oxygens (including phenoxy) is 1. The number of halogens is 1. The molecule has 10 nitrogen and oxygen atoms in total. The smallest absolute Gasteiger partial charge is 0.277 e. The number of pyridine rings is 1. The first kappa shape index (κ1) is 21.1. The lowest BCUT2D eigenvalue weighted by Gasteiger charge is -2.14. The molecule has 0 atom stereocenters. The van der Waals surface area contributed by atoms with Gasteiger partial charge >= 0.3 is 0 Å². The van der Waals surface area contributed by atoms with Crippen molar-refractivity contribution < 1.29 is 4.74 Å². The van der Waals surface area contributed by atoms with E-state index in [9.17, 15) is 10.1 Å². The summed E-state index contributed by atoms with van der Waals surface area (Å²) in [5, 5.41) is 19.3. The lowest BCUT2D eigenvalue weighted by molar-refractivity contribution is 0.417. The highest BCUT2D eigenvalue weighted by atomic mass is 35.5. The predicted molar refractivity (Wildman–Crippen MR) is 122 cm³/mol. The number of aryl methyl sites for hydroxylation is 2. The zero-order chi connectivity index (χ0) is 22.8. The Bertz CT molecular complexity index is 1420. The Morgan fingerprint density at radius 2 is 2.06 bits per heavy atom. The van der Waals surface area contributed by atoms with E-state index in [0.717, 1.165) is 0 Å². The second-order valence-corrected chi connectivity index (χ2v) is 7.25. The Labute approximate surface area is 187 Å². The van der Waals surface area contributed by atoms with Gasteiger partial charge in [0.2, 0.25) is 0 Å². The van der Waals surface area contributed by atoms with Gasteiger partial charge in [0.1, 0.15) is 17.3 Å². The summed E-state index contributed by atoms with van der Waals surface area (Å²) in [4.78, 5) is 25.8. The molecule has 0 amide bonds. The SMILES string of the molecule is CCc1ncc(Nc2cc(Nc3cccc(Cl)c3OC)c3c(=O)n(C)[nH]c3n2)nc1C#N. The van der Waals surface area contributed by atoms with Gasteiger partial charge in [-0.3, -0.25) is 19.6 Å². The van der Waals surface area contributed by atoms with Gasteiger partial charge in [-0.2, -0.15) is 5.26 Å². The molecule has 3 heterocycles. The predicted octanol–water partition coefficient (Wildman–Crippen LogP) is 3.63. The molecule has 0 aliphatic carbocycles. The third-order valence-corrected chi connectivity index (χ3v) is 5.09. The van der Waals surface area contributed by atoms with Crippen LogP contribution in [-0.2, 0) is 13.5 Å². The fraction of sp³-hybridized carbons (Fsp3) is 0.190. The van der Waals surface area contributed by atoms with Crippen molar-refractivity contribution in [2.24, 2.45) is 7.05 Å². The average molecular weight is 451 g/mol. The normalized spacial score (nSPS) is 10.7. The van der Waals surface area contributed by atoms with E-state index in [4.69, 9.17) is 16.3 Å². The molecule has 162 valence electrons. The van der Waals surface area contributed by atoms with Crippen LogP contribution in [0.2, 0.25) is 5.02 Å². The number of nitriles is 1. The molecule has 0 saturated heterocycles. The quantitative estimate of drug-likeness (QED) is 0.405. The number of H-pyrrole nitrogens is 1. The lowest BCUT2D eigenvalue weighted by Crippen LogP contribution is -2.12. The van der Waals surface area contributed by atoms with Crippen LogP contribution in [0.4, 0.5) is 23.0 Å². The van der Waals surface area contributed by atoms with E-state index in [2.05, 4.69) is 36.8 Å². The first-order valence-electron chi connectivity index (χ1n) is 9.67. The van der Waals surface area contributed by atoms with Crippen LogP contribution in [0.25, 0.3) is 11.0 Å². The Hall–Kier alpha value is -4.10. The van der Waals surface area contributed by atoms with Gasteiger partial charge in [0.25, 0.3) is 5.56 Å². The highest BCUT2D eigenvalue weighted by Crippen LogP contribution is 2.36. The topological polar surface area (TPSA) is 134 Å². The summed E-state index contributed by atoms with van der Waals surface area (Å²) < 4.78 is 6.74. The van der Waals surface area contributed by atoms with E-state index < -0.39 is 0 Å². The van der Waals surface area contributed by atoms with Gasteiger partial charge in [0.05, 0.1) is 35.4 Å². The molecular formula is C21H19ClN8O2. The maximum absolute atomic E-state index is 12.7. The van der Waals surface area contributed by atoms with Gasteiger partial charge in [0.15, 0.2) is 22.9 Å². The average Bonchev–Trinajstić information content (AvgIpc) is 3.07. The number of rotatable bonds is 6. The standard InChI is InChI=1S/C21H19ClN8O2/c1-4-12-15(9-23)26-17(10-24-12)27-16-8-14(18-20(28-16)29-30(2)21(18)31)25-13-7-5-6-11(22)19(13)32-3/h5-8,10H,4H2,1-3H3,(H3,25,26,27,28,29). The Morgan fingerprint density at radius 3 is 2.78 bits per heavy atom. The van der Waals surface area contributed by atoms with Crippen LogP contribution < -0.4 is 20.9 Å². The highest BCUT2D eigenvalue weighted by molar-refractivity contribution is 6.32. The Morgan fingerprint density at radius 1 is 1.25 bits per heavy atom. The summed E-state index contributed by atoms with van der Waals surface area (Å²) in [6.07, 6.45) is 2.13. The molecular weight excluding hydrogens is 432 g/mol. The number of anilines is 4. The molecule has 3 N–H and O–H groups in total. The summed E-state index contributed by atoms with van der Waals surface area (Å²) in [6, 6.07) is 8.99. The van der Waals surface area contributed by atoms with Crippen LogP contribution in [0.5, 0.6) is 5.75 Å². The van der Waals surface area contributed by atoms with E-state index in [1.165, 1.54) is 18.0 Å². The molecule has 11 heteroatoms. The van der Waals surface area contributed by atoms with Crippen molar-refractivity contribution in [3.8, 4) is 11.8 Å². The monoisotopic (exact) mass is 450 g/mol. The number of aromatic amines is 1. The minimum Gasteiger partial charge on any atom is -0.493 e.